The second-order valence-electron chi connectivity index (χ2n) is 14.4. The van der Waals surface area contributed by atoms with Crippen molar-refractivity contribution >= 4 is 45.8 Å². The molecule has 2 atom stereocenters. The normalized spacial score (nSPS) is 18.6. The zero-order chi connectivity index (χ0) is 37.6. The van der Waals surface area contributed by atoms with E-state index in [0.29, 0.717) is 72.1 Å². The van der Waals surface area contributed by atoms with Crippen LogP contribution in [0.25, 0.3) is 27.3 Å². The number of nitrogens with zero attached hydrogens (tertiary/aromatic N) is 7. The van der Waals surface area contributed by atoms with Crippen molar-refractivity contribution in [1.82, 2.24) is 33.9 Å². The average molecular weight is 762 g/mol. The molecule has 0 bridgehead atoms. The Bertz CT molecular complexity index is 2400. The van der Waals surface area contributed by atoms with Crippen LogP contribution in [0.5, 0.6) is 0 Å². The molecule has 11 nitrogen and oxygen atoms in total. The summed E-state index contributed by atoms with van der Waals surface area (Å²) in [4.78, 5) is 59.8. The van der Waals surface area contributed by atoms with E-state index in [1.54, 1.807) is 29.1 Å². The second kappa shape index (κ2) is 14.6. The third kappa shape index (κ3) is 6.85. The number of carbonyl (C=O) groups excluding carboxylic acids is 2. The van der Waals surface area contributed by atoms with E-state index in [1.807, 2.05) is 84.3 Å². The van der Waals surface area contributed by atoms with Crippen LogP contribution < -0.4 is 5.56 Å². The van der Waals surface area contributed by atoms with Crippen LogP contribution in [-0.2, 0) is 11.3 Å². The molecular formula is C41H40ClN7O4S. The van der Waals surface area contributed by atoms with Gasteiger partial charge in [-0.25, -0.2) is 9.97 Å². The largest absolute Gasteiger partial charge is 0.388 e. The molecule has 0 saturated carbocycles. The molecule has 2 aliphatic rings. The van der Waals surface area contributed by atoms with E-state index in [1.165, 1.54) is 22.2 Å². The zero-order valence-corrected chi connectivity index (χ0v) is 31.6. The fourth-order valence-corrected chi connectivity index (χ4v) is 9.04. The summed E-state index contributed by atoms with van der Waals surface area (Å²) in [5.41, 5.74) is 3.27. The van der Waals surface area contributed by atoms with Gasteiger partial charge < -0.3 is 14.9 Å². The van der Waals surface area contributed by atoms with E-state index in [9.17, 15) is 19.5 Å². The molecule has 6 aromatic rings. The van der Waals surface area contributed by atoms with Crippen molar-refractivity contribution in [2.24, 2.45) is 5.92 Å². The zero-order valence-electron chi connectivity index (χ0n) is 30.1. The SMILES string of the molecule is Cc1ccc(-c2nc(C)c(C(=O)N3CC[C@@H](C(=O)N4CCC(O)(Cn5cnc6c(ccn6-c6ccccc6Cl)c5=O)CC4)[C@H](c4ccccc4)C3)s2)cn1. The predicted octanol–water partition coefficient (Wildman–Crippen LogP) is 6.28. The van der Waals surface area contributed by atoms with Gasteiger partial charge in [0.1, 0.15) is 16.2 Å². The summed E-state index contributed by atoms with van der Waals surface area (Å²) in [6, 6.07) is 22.9. The number of likely N-dealkylation sites (tertiary alicyclic amines) is 2. The lowest BCUT2D eigenvalue weighted by Gasteiger charge is -2.43. The summed E-state index contributed by atoms with van der Waals surface area (Å²) in [6.45, 7) is 5.45. The Morgan fingerprint density at radius 2 is 1.70 bits per heavy atom. The Hall–Kier alpha value is -5.17. The number of fused-ring (bicyclic) bond motifs is 1. The average Bonchev–Trinajstić information content (AvgIpc) is 3.80. The molecule has 2 aliphatic heterocycles. The van der Waals surface area contributed by atoms with Crippen molar-refractivity contribution in [3.8, 4) is 16.3 Å². The van der Waals surface area contributed by atoms with E-state index < -0.39 is 5.60 Å². The molecule has 2 saturated heterocycles. The number of para-hydroxylation sites is 1. The lowest BCUT2D eigenvalue weighted by molar-refractivity contribution is -0.142. The number of benzene rings is 2. The van der Waals surface area contributed by atoms with Gasteiger partial charge in [0, 0.05) is 61.7 Å². The van der Waals surface area contributed by atoms with E-state index in [2.05, 4.69) is 9.97 Å². The number of pyridine rings is 1. The lowest BCUT2D eigenvalue weighted by Crippen LogP contribution is -2.53. The highest BCUT2D eigenvalue weighted by Gasteiger charge is 2.42. The molecule has 2 fully saturated rings. The van der Waals surface area contributed by atoms with E-state index >= 15 is 0 Å². The number of hydrogen-bond acceptors (Lipinski definition) is 8. The number of amides is 2. The maximum absolute atomic E-state index is 14.3. The first kappa shape index (κ1) is 35.8. The van der Waals surface area contributed by atoms with Gasteiger partial charge >= 0.3 is 0 Å². The first-order chi connectivity index (χ1) is 26.1. The molecule has 4 aromatic heterocycles. The minimum atomic E-state index is -1.18. The maximum Gasteiger partial charge on any atom is 0.265 e. The quantitative estimate of drug-likeness (QED) is 0.203. The Morgan fingerprint density at radius 3 is 2.44 bits per heavy atom. The standard InChI is InChI=1S/C41H40ClN7O4S/c1-26-12-13-29(22-43-26)37-45-27(2)35(54-37)40(52)47-18-14-30(32(23-47)28-8-4-3-5-9-28)38(50)46-20-16-41(53,17-21-46)24-48-25-44-36-31(39(48)51)15-19-49(36)34-11-7-6-10-33(34)42/h3-13,15,19,22,25,30,32,53H,14,16-18,20-21,23-24H2,1-2H3/t30-,32+/m1/s1. The fraction of sp³-hybridized carbons (Fsp3) is 0.317. The minimum absolute atomic E-state index is 0.0299. The molecule has 6 heterocycles. The van der Waals surface area contributed by atoms with E-state index in [-0.39, 0.29) is 35.8 Å². The number of piperidine rings is 2. The Balaban J connectivity index is 0.955. The van der Waals surface area contributed by atoms with Crippen LogP contribution in [-0.4, -0.2) is 82.6 Å². The summed E-state index contributed by atoms with van der Waals surface area (Å²) in [6.07, 6.45) is 6.19. The Kier molecular flexibility index (Phi) is 9.67. The van der Waals surface area contributed by atoms with Gasteiger partial charge in [0.25, 0.3) is 11.5 Å². The van der Waals surface area contributed by atoms with E-state index in [4.69, 9.17) is 16.6 Å². The van der Waals surface area contributed by atoms with Gasteiger partial charge in [-0.1, -0.05) is 54.1 Å². The summed E-state index contributed by atoms with van der Waals surface area (Å²) in [5, 5.41) is 13.4. The first-order valence-electron chi connectivity index (χ1n) is 18.2. The van der Waals surface area contributed by atoms with Crippen molar-refractivity contribution in [3.63, 3.8) is 0 Å². The summed E-state index contributed by atoms with van der Waals surface area (Å²) < 4.78 is 3.24. The molecule has 0 radical (unpaired) electrons. The van der Waals surface area contributed by atoms with Crippen molar-refractivity contribution in [2.75, 3.05) is 26.2 Å². The number of halogens is 1. The van der Waals surface area contributed by atoms with Crippen molar-refractivity contribution < 1.29 is 14.7 Å². The van der Waals surface area contributed by atoms with Crippen LogP contribution in [0.4, 0.5) is 0 Å². The molecule has 0 aliphatic carbocycles. The topological polar surface area (TPSA) is 126 Å². The predicted molar refractivity (Wildman–Crippen MR) is 209 cm³/mol. The molecule has 13 heteroatoms. The third-order valence-electron chi connectivity index (χ3n) is 10.8. The summed E-state index contributed by atoms with van der Waals surface area (Å²) >= 11 is 7.79. The summed E-state index contributed by atoms with van der Waals surface area (Å²) in [5.74, 6) is -0.562. The van der Waals surface area contributed by atoms with Crippen LogP contribution in [0.3, 0.4) is 0 Å². The van der Waals surface area contributed by atoms with Gasteiger partial charge in [-0.3, -0.25) is 28.5 Å². The van der Waals surface area contributed by atoms with Crippen molar-refractivity contribution in [2.45, 2.75) is 51.2 Å². The monoisotopic (exact) mass is 761 g/mol. The van der Waals surface area contributed by atoms with E-state index in [0.717, 1.165) is 27.5 Å². The molecule has 54 heavy (non-hydrogen) atoms. The van der Waals surface area contributed by atoms with Gasteiger partial charge in [0.15, 0.2) is 5.65 Å². The number of rotatable bonds is 7. The van der Waals surface area contributed by atoms with Gasteiger partial charge in [-0.2, -0.15) is 0 Å². The number of aryl methyl sites for hydroxylation is 2. The van der Waals surface area contributed by atoms with Crippen LogP contribution in [0, 0.1) is 19.8 Å². The maximum atomic E-state index is 14.3. The van der Waals surface area contributed by atoms with Crippen molar-refractivity contribution in [1.29, 1.82) is 0 Å². The molecule has 2 amide bonds. The van der Waals surface area contributed by atoms with Crippen molar-refractivity contribution in [3.05, 3.63) is 129 Å². The van der Waals surface area contributed by atoms with Crippen LogP contribution in [0.2, 0.25) is 5.02 Å². The summed E-state index contributed by atoms with van der Waals surface area (Å²) in [7, 11) is 0. The number of carbonyl (C=O) groups is 2. The van der Waals surface area contributed by atoms with Gasteiger partial charge in [0.2, 0.25) is 5.91 Å². The smallest absolute Gasteiger partial charge is 0.265 e. The second-order valence-corrected chi connectivity index (χ2v) is 15.8. The number of thiazole rings is 1. The molecule has 2 aromatic carbocycles. The highest BCUT2D eigenvalue weighted by Crippen LogP contribution is 2.37. The number of aromatic nitrogens is 5. The molecule has 8 rings (SSSR count). The number of aliphatic hydroxyl groups is 1. The molecule has 276 valence electrons. The fourth-order valence-electron chi connectivity index (χ4n) is 7.79. The van der Waals surface area contributed by atoms with Gasteiger partial charge in [-0.15, -0.1) is 11.3 Å². The molecule has 1 N–H and O–H groups in total. The Labute approximate surface area is 321 Å². The van der Waals surface area contributed by atoms with Crippen LogP contribution in [0.1, 0.15) is 51.8 Å². The first-order valence-corrected chi connectivity index (χ1v) is 19.4. The molecular weight excluding hydrogens is 722 g/mol. The van der Waals surface area contributed by atoms with Gasteiger partial charge in [0.05, 0.1) is 33.9 Å². The Morgan fingerprint density at radius 1 is 0.944 bits per heavy atom. The lowest BCUT2D eigenvalue weighted by atomic mass is 9.79. The third-order valence-corrected chi connectivity index (χ3v) is 12.4. The molecule has 0 spiro atoms. The number of hydrogen-bond donors (Lipinski definition) is 1. The highest BCUT2D eigenvalue weighted by atomic mass is 35.5. The van der Waals surface area contributed by atoms with Gasteiger partial charge in [-0.05, 0) is 69.0 Å². The van der Waals surface area contributed by atoms with Crippen LogP contribution in [0.15, 0.2) is 96.3 Å². The van der Waals surface area contributed by atoms with Crippen LogP contribution >= 0.6 is 22.9 Å². The minimum Gasteiger partial charge on any atom is -0.388 e. The molecule has 0 unspecified atom stereocenters. The highest BCUT2D eigenvalue weighted by molar-refractivity contribution is 7.17.